The molecule has 2 fully saturated rings. The van der Waals surface area contributed by atoms with E-state index in [0.29, 0.717) is 5.82 Å². The average Bonchev–Trinajstić information content (AvgIpc) is 2.81. The van der Waals surface area contributed by atoms with Crippen LogP contribution in [0.5, 0.6) is 0 Å². The van der Waals surface area contributed by atoms with Gasteiger partial charge in [-0.2, -0.15) is 0 Å². The van der Waals surface area contributed by atoms with Gasteiger partial charge in [0, 0.05) is 48.2 Å². The van der Waals surface area contributed by atoms with Crippen LogP contribution in [0.3, 0.4) is 0 Å². The van der Waals surface area contributed by atoms with E-state index in [-0.39, 0.29) is 41.9 Å². The highest BCUT2D eigenvalue weighted by molar-refractivity contribution is 5.95. The fourth-order valence-electron chi connectivity index (χ4n) is 4.71. The van der Waals surface area contributed by atoms with Gasteiger partial charge in [0.05, 0.1) is 11.4 Å². The number of hydrogen-bond donors (Lipinski definition) is 2. The maximum Gasteiger partial charge on any atom is 0.252 e. The van der Waals surface area contributed by atoms with Crippen molar-refractivity contribution in [1.29, 1.82) is 0 Å². The second-order valence-corrected chi connectivity index (χ2v) is 9.41. The molecule has 0 unspecified atom stereocenters. The molecule has 188 valence electrons. The molecule has 11 heteroatoms. The summed E-state index contributed by atoms with van der Waals surface area (Å²) < 4.78 is 68.6. The predicted octanol–water partition coefficient (Wildman–Crippen LogP) is 4.83. The van der Waals surface area contributed by atoms with Crippen LogP contribution in [0.25, 0.3) is 11.3 Å². The van der Waals surface area contributed by atoms with Crippen LogP contribution in [0, 0.1) is 11.6 Å². The van der Waals surface area contributed by atoms with E-state index in [1.807, 2.05) is 0 Å². The summed E-state index contributed by atoms with van der Waals surface area (Å²) in [4.78, 5) is 16.5. The van der Waals surface area contributed by atoms with Crippen LogP contribution in [0.2, 0.25) is 0 Å². The molecule has 0 bridgehead atoms. The second kappa shape index (κ2) is 9.11. The molecule has 5 rings (SSSR count). The van der Waals surface area contributed by atoms with Gasteiger partial charge >= 0.3 is 0 Å². The first-order valence-electron chi connectivity index (χ1n) is 11.5. The predicted molar refractivity (Wildman–Crippen MR) is 121 cm³/mol. The summed E-state index contributed by atoms with van der Waals surface area (Å²) in [6.07, 6.45) is -0.185. The lowest BCUT2D eigenvalue weighted by Crippen LogP contribution is -2.50. The Hall–Kier alpha value is -3.63. The number of anilines is 1. The Morgan fingerprint density at radius 2 is 1.78 bits per heavy atom. The third-order valence-electron chi connectivity index (χ3n) is 6.69. The summed E-state index contributed by atoms with van der Waals surface area (Å²) in [5.41, 5.74) is -0.342. The third-order valence-corrected chi connectivity index (χ3v) is 6.69. The van der Waals surface area contributed by atoms with Crippen LogP contribution in [0.15, 0.2) is 48.7 Å². The first-order chi connectivity index (χ1) is 17.1. The van der Waals surface area contributed by atoms with E-state index >= 15 is 0 Å². The highest BCUT2D eigenvalue weighted by Gasteiger charge is 2.48. The topological polar surface area (TPSA) is 79.8 Å². The Morgan fingerprint density at radius 3 is 2.42 bits per heavy atom. The van der Waals surface area contributed by atoms with Gasteiger partial charge in [-0.15, -0.1) is 10.2 Å². The number of halogens is 5. The molecule has 2 aliphatic carbocycles. The van der Waals surface area contributed by atoms with Gasteiger partial charge in [0.15, 0.2) is 0 Å². The number of alkyl halides is 3. The van der Waals surface area contributed by atoms with Gasteiger partial charge in [-0.05, 0) is 55.3 Å². The Morgan fingerprint density at radius 1 is 1.00 bits per heavy atom. The molecule has 2 aromatic heterocycles. The van der Waals surface area contributed by atoms with Gasteiger partial charge in [-0.1, -0.05) is 0 Å². The molecule has 0 aliphatic heterocycles. The number of pyridine rings is 1. The molecule has 36 heavy (non-hydrogen) atoms. The lowest BCUT2D eigenvalue weighted by Gasteiger charge is -2.44. The monoisotopic (exact) mass is 503 g/mol. The minimum atomic E-state index is -2.77. The molecule has 1 aromatic carbocycles. The van der Waals surface area contributed by atoms with Crippen molar-refractivity contribution < 1.29 is 26.7 Å². The minimum Gasteiger partial charge on any atom is -0.368 e. The zero-order valence-corrected chi connectivity index (χ0v) is 18.9. The number of carbonyl (C=O) groups excluding carboxylic acids is 1. The lowest BCUT2D eigenvalue weighted by atomic mass is 9.65. The molecule has 1 amide bonds. The first kappa shape index (κ1) is 24.1. The smallest absolute Gasteiger partial charge is 0.252 e. The van der Waals surface area contributed by atoms with Crippen molar-refractivity contribution in [3.05, 3.63) is 71.6 Å². The molecule has 2 heterocycles. The normalized spacial score (nSPS) is 22.9. The number of benzene rings is 1. The SMILES string of the molecule is O=C(NC1CC(F)(F)C1)c1ccc(F)c(-c2ccc(NC[C@]3(c4ncccc4F)C[C@H](F)C3)nn2)c1. The molecule has 2 aliphatic rings. The number of rotatable bonds is 7. The number of nitrogens with one attached hydrogen (secondary N) is 2. The number of hydrogen-bond acceptors (Lipinski definition) is 5. The largest absolute Gasteiger partial charge is 0.368 e. The summed E-state index contributed by atoms with van der Waals surface area (Å²) in [5.74, 6) is -4.17. The van der Waals surface area contributed by atoms with E-state index in [2.05, 4.69) is 25.8 Å². The highest BCUT2D eigenvalue weighted by atomic mass is 19.3. The van der Waals surface area contributed by atoms with Gasteiger partial charge < -0.3 is 10.6 Å². The molecule has 2 saturated carbocycles. The fraction of sp³-hybridized carbons (Fsp3) is 0.360. The van der Waals surface area contributed by atoms with Crippen LogP contribution in [0.1, 0.15) is 41.7 Å². The minimum absolute atomic E-state index is 0.0203. The number of carbonyl (C=O) groups is 1. The van der Waals surface area contributed by atoms with Gasteiger partial charge in [0.25, 0.3) is 11.8 Å². The van der Waals surface area contributed by atoms with E-state index in [4.69, 9.17) is 0 Å². The van der Waals surface area contributed by atoms with E-state index in [9.17, 15) is 26.7 Å². The van der Waals surface area contributed by atoms with Crippen LogP contribution >= 0.6 is 0 Å². The van der Waals surface area contributed by atoms with E-state index in [0.717, 1.165) is 6.07 Å². The number of amides is 1. The standard InChI is InChI=1S/C25H22F5N5O/c26-15-9-24(10-15,22-19(28)2-1-7-31-22)13-32-21-6-5-20(34-35-21)17-8-14(3-4-18(17)27)23(36)33-16-11-25(29,30)12-16/h1-8,15-16H,9-13H2,(H,32,35)(H,33,36)/t15-,24-. The molecule has 2 N–H and O–H groups in total. The zero-order chi connectivity index (χ0) is 25.5. The highest BCUT2D eigenvalue weighted by Crippen LogP contribution is 2.45. The van der Waals surface area contributed by atoms with Gasteiger partial charge in [-0.25, -0.2) is 22.0 Å². The summed E-state index contributed by atoms with van der Waals surface area (Å²) in [6, 6.07) is 8.82. The van der Waals surface area contributed by atoms with E-state index in [1.54, 1.807) is 6.07 Å². The quantitative estimate of drug-likeness (QED) is 0.452. The molecular weight excluding hydrogens is 481 g/mol. The molecule has 6 nitrogen and oxygen atoms in total. The van der Waals surface area contributed by atoms with Crippen molar-refractivity contribution in [3.63, 3.8) is 0 Å². The van der Waals surface area contributed by atoms with Crippen molar-refractivity contribution in [2.75, 3.05) is 11.9 Å². The van der Waals surface area contributed by atoms with Crippen molar-refractivity contribution in [2.45, 2.75) is 49.2 Å². The summed E-state index contributed by atoms with van der Waals surface area (Å²) in [5, 5.41) is 13.6. The molecule has 0 atom stereocenters. The Labute approximate surface area is 203 Å². The first-order valence-corrected chi connectivity index (χ1v) is 11.5. The van der Waals surface area contributed by atoms with Crippen LogP contribution < -0.4 is 10.6 Å². The fourth-order valence-corrected chi connectivity index (χ4v) is 4.71. The van der Waals surface area contributed by atoms with Gasteiger partial charge in [-0.3, -0.25) is 9.78 Å². The van der Waals surface area contributed by atoms with Crippen molar-refractivity contribution in [2.24, 2.45) is 0 Å². The number of aromatic nitrogens is 3. The van der Waals surface area contributed by atoms with Crippen molar-refractivity contribution >= 4 is 11.7 Å². The third kappa shape index (κ3) is 4.74. The molecule has 0 radical (unpaired) electrons. The molecule has 3 aromatic rings. The summed E-state index contributed by atoms with van der Waals surface area (Å²) >= 11 is 0. The Kier molecular flexibility index (Phi) is 6.09. The van der Waals surface area contributed by atoms with Gasteiger partial charge in [0.2, 0.25) is 0 Å². The van der Waals surface area contributed by atoms with Crippen LogP contribution in [-0.4, -0.2) is 45.8 Å². The van der Waals surface area contributed by atoms with Crippen LogP contribution in [-0.2, 0) is 5.41 Å². The van der Waals surface area contributed by atoms with E-state index < -0.39 is 53.9 Å². The zero-order valence-electron chi connectivity index (χ0n) is 18.9. The van der Waals surface area contributed by atoms with Crippen molar-refractivity contribution in [1.82, 2.24) is 20.5 Å². The maximum atomic E-state index is 14.5. The maximum absolute atomic E-state index is 14.5. The van der Waals surface area contributed by atoms with Crippen LogP contribution in [0.4, 0.5) is 27.8 Å². The molecular formula is C25H22F5N5O. The van der Waals surface area contributed by atoms with Gasteiger partial charge in [0.1, 0.15) is 23.6 Å². The number of nitrogens with zero attached hydrogens (tertiary/aromatic N) is 3. The Balaban J connectivity index is 1.27. The lowest BCUT2D eigenvalue weighted by molar-refractivity contribution is -0.0901. The molecule has 0 spiro atoms. The summed E-state index contributed by atoms with van der Waals surface area (Å²) in [6.45, 7) is 0.180. The second-order valence-electron chi connectivity index (χ2n) is 9.41. The Bertz CT molecular complexity index is 1270. The molecule has 0 saturated heterocycles. The average molecular weight is 503 g/mol. The van der Waals surface area contributed by atoms with E-state index in [1.165, 1.54) is 36.5 Å². The summed E-state index contributed by atoms with van der Waals surface area (Å²) in [7, 11) is 0. The van der Waals surface area contributed by atoms with Crippen molar-refractivity contribution in [3.8, 4) is 11.3 Å².